The van der Waals surface area contributed by atoms with Crippen LogP contribution in [0.25, 0.3) is 0 Å². The maximum absolute atomic E-state index is 12.8. The number of benzene rings is 1. The van der Waals surface area contributed by atoms with Crippen LogP contribution in [0.15, 0.2) is 41.1 Å². The molecule has 0 bridgehead atoms. The minimum Gasteiger partial charge on any atom is -0.371 e. The molecule has 2 heterocycles. The molecule has 0 N–H and O–H groups in total. The van der Waals surface area contributed by atoms with Crippen LogP contribution in [0.1, 0.15) is 22.9 Å². The summed E-state index contributed by atoms with van der Waals surface area (Å²) in [7, 11) is 0. The van der Waals surface area contributed by atoms with Crippen LogP contribution in [0.2, 0.25) is 0 Å². The monoisotopic (exact) mass is 312 g/mol. The van der Waals surface area contributed by atoms with E-state index >= 15 is 0 Å². The fourth-order valence-corrected chi connectivity index (χ4v) is 2.51. The van der Waals surface area contributed by atoms with Gasteiger partial charge in [0.05, 0.1) is 24.0 Å². The lowest BCUT2D eigenvalue weighted by atomic mass is 10.0. The Balaban J connectivity index is 1.72. The molecular formula is C15H15F3N2O2. The van der Waals surface area contributed by atoms with Crippen LogP contribution in [-0.4, -0.2) is 29.8 Å². The molecule has 1 aliphatic rings. The van der Waals surface area contributed by atoms with E-state index in [0.29, 0.717) is 31.8 Å². The van der Waals surface area contributed by atoms with Crippen molar-refractivity contribution in [2.24, 2.45) is 0 Å². The van der Waals surface area contributed by atoms with Crippen LogP contribution in [0.5, 0.6) is 0 Å². The maximum atomic E-state index is 12.8. The molecular weight excluding hydrogens is 297 g/mol. The number of halogens is 3. The molecule has 0 spiro atoms. The number of ether oxygens (including phenoxy) is 1. The van der Waals surface area contributed by atoms with Gasteiger partial charge in [0, 0.05) is 25.7 Å². The fourth-order valence-electron chi connectivity index (χ4n) is 2.51. The first-order valence-corrected chi connectivity index (χ1v) is 6.93. The molecule has 3 rings (SSSR count). The summed E-state index contributed by atoms with van der Waals surface area (Å²) in [5, 5.41) is 3.85. The first-order chi connectivity index (χ1) is 10.5. The van der Waals surface area contributed by atoms with Crippen LogP contribution < -0.4 is 0 Å². The molecule has 0 unspecified atom stereocenters. The predicted octanol–water partition coefficient (Wildman–Crippen LogP) is 3.27. The molecule has 0 aliphatic carbocycles. The largest absolute Gasteiger partial charge is 0.416 e. The van der Waals surface area contributed by atoms with Crippen LogP contribution in [0, 0.1) is 0 Å². The Kier molecular flexibility index (Phi) is 4.17. The number of morpholine rings is 1. The van der Waals surface area contributed by atoms with E-state index in [9.17, 15) is 13.2 Å². The van der Waals surface area contributed by atoms with Gasteiger partial charge in [-0.1, -0.05) is 17.3 Å². The molecule has 1 aromatic carbocycles. The van der Waals surface area contributed by atoms with Gasteiger partial charge in [-0.2, -0.15) is 13.2 Å². The van der Waals surface area contributed by atoms with Crippen LogP contribution in [0.3, 0.4) is 0 Å². The lowest BCUT2D eigenvalue weighted by Gasteiger charge is -2.32. The summed E-state index contributed by atoms with van der Waals surface area (Å²) in [5.41, 5.74) is 0.687. The van der Waals surface area contributed by atoms with Crippen LogP contribution in [-0.2, 0) is 17.5 Å². The molecule has 1 saturated heterocycles. The Bertz CT molecular complexity index is 614. The Hall–Kier alpha value is -1.86. The van der Waals surface area contributed by atoms with Gasteiger partial charge in [-0.05, 0) is 17.7 Å². The van der Waals surface area contributed by atoms with Gasteiger partial charge in [-0.15, -0.1) is 0 Å². The Morgan fingerprint density at radius 1 is 1.27 bits per heavy atom. The van der Waals surface area contributed by atoms with E-state index in [1.165, 1.54) is 12.3 Å². The van der Waals surface area contributed by atoms with Crippen molar-refractivity contribution in [3.8, 4) is 0 Å². The minimum absolute atomic E-state index is 0.372. The van der Waals surface area contributed by atoms with Crippen LogP contribution >= 0.6 is 0 Å². The zero-order valence-corrected chi connectivity index (χ0v) is 11.7. The van der Waals surface area contributed by atoms with E-state index in [1.54, 1.807) is 12.1 Å². The quantitative estimate of drug-likeness (QED) is 0.872. The number of hydrogen-bond donors (Lipinski definition) is 0. The van der Waals surface area contributed by atoms with E-state index in [-0.39, 0.29) is 6.10 Å². The van der Waals surface area contributed by atoms with E-state index in [1.807, 2.05) is 0 Å². The molecule has 1 aliphatic heterocycles. The van der Waals surface area contributed by atoms with Crippen molar-refractivity contribution in [1.82, 2.24) is 10.1 Å². The second-order valence-corrected chi connectivity index (χ2v) is 5.21. The molecule has 7 heteroatoms. The first-order valence-electron chi connectivity index (χ1n) is 6.93. The van der Waals surface area contributed by atoms with Crippen molar-refractivity contribution in [2.45, 2.75) is 18.8 Å². The Morgan fingerprint density at radius 2 is 2.14 bits per heavy atom. The molecule has 2 aromatic rings. The van der Waals surface area contributed by atoms with Crippen LogP contribution in [0.4, 0.5) is 13.2 Å². The lowest BCUT2D eigenvalue weighted by molar-refractivity contribution is -0.137. The number of hydrogen-bond acceptors (Lipinski definition) is 4. The van der Waals surface area contributed by atoms with Crippen molar-refractivity contribution in [1.29, 1.82) is 0 Å². The van der Waals surface area contributed by atoms with Gasteiger partial charge in [0.2, 0.25) is 0 Å². The predicted molar refractivity (Wildman–Crippen MR) is 71.9 cm³/mol. The minimum atomic E-state index is -4.34. The zero-order valence-electron chi connectivity index (χ0n) is 11.7. The number of aromatic nitrogens is 1. The maximum Gasteiger partial charge on any atom is 0.416 e. The molecule has 1 atom stereocenters. The third-order valence-corrected chi connectivity index (χ3v) is 3.61. The highest BCUT2D eigenvalue weighted by Gasteiger charge is 2.31. The summed E-state index contributed by atoms with van der Waals surface area (Å²) in [6, 6.07) is 7.08. The molecule has 22 heavy (non-hydrogen) atoms. The molecule has 0 amide bonds. The van der Waals surface area contributed by atoms with E-state index in [0.717, 1.165) is 17.8 Å². The van der Waals surface area contributed by atoms with E-state index in [2.05, 4.69) is 10.1 Å². The van der Waals surface area contributed by atoms with Crippen molar-refractivity contribution < 1.29 is 22.4 Å². The fraction of sp³-hybridized carbons (Fsp3) is 0.400. The van der Waals surface area contributed by atoms with Gasteiger partial charge < -0.3 is 9.26 Å². The summed E-state index contributed by atoms with van der Waals surface area (Å²) < 4.78 is 48.8. The average molecular weight is 312 g/mol. The topological polar surface area (TPSA) is 38.5 Å². The van der Waals surface area contributed by atoms with Gasteiger partial charge in [0.15, 0.2) is 0 Å². The number of nitrogens with zero attached hydrogens (tertiary/aromatic N) is 2. The van der Waals surface area contributed by atoms with Gasteiger partial charge in [0.1, 0.15) is 6.26 Å². The zero-order chi connectivity index (χ0) is 15.6. The van der Waals surface area contributed by atoms with E-state index in [4.69, 9.17) is 9.26 Å². The third kappa shape index (κ3) is 3.48. The summed E-state index contributed by atoms with van der Waals surface area (Å²) in [6.07, 6.45) is -3.21. The molecule has 118 valence electrons. The van der Waals surface area contributed by atoms with Gasteiger partial charge in [-0.25, -0.2) is 0 Å². The average Bonchev–Trinajstić information content (AvgIpc) is 3.00. The lowest BCUT2D eigenvalue weighted by Crippen LogP contribution is -2.37. The Morgan fingerprint density at radius 3 is 2.86 bits per heavy atom. The summed E-state index contributed by atoms with van der Waals surface area (Å²) >= 11 is 0. The van der Waals surface area contributed by atoms with Gasteiger partial charge >= 0.3 is 6.18 Å². The second-order valence-electron chi connectivity index (χ2n) is 5.21. The number of alkyl halides is 3. The summed E-state index contributed by atoms with van der Waals surface area (Å²) in [5.74, 6) is 0. The first kappa shape index (κ1) is 15.1. The molecule has 1 aromatic heterocycles. The van der Waals surface area contributed by atoms with Crippen molar-refractivity contribution in [3.05, 3.63) is 53.4 Å². The molecule has 1 fully saturated rings. The highest BCUT2D eigenvalue weighted by atomic mass is 19.4. The summed E-state index contributed by atoms with van der Waals surface area (Å²) in [6.45, 7) is 2.30. The standard InChI is InChI=1S/C15H15F3N2O2/c16-15(17,18)12-3-1-2-11(8-12)14-10-20(5-7-21-14)9-13-4-6-22-19-13/h1-4,6,8,14H,5,7,9-10H2/t14-/m0/s1. The van der Waals surface area contributed by atoms with Crippen molar-refractivity contribution >= 4 is 0 Å². The normalized spacial score (nSPS) is 20.2. The SMILES string of the molecule is FC(F)(F)c1cccc([C@@H]2CN(Cc3ccon3)CCO2)c1. The van der Waals surface area contributed by atoms with Crippen molar-refractivity contribution in [3.63, 3.8) is 0 Å². The van der Waals surface area contributed by atoms with E-state index < -0.39 is 11.7 Å². The second kappa shape index (κ2) is 6.10. The highest BCUT2D eigenvalue weighted by molar-refractivity contribution is 5.27. The third-order valence-electron chi connectivity index (χ3n) is 3.61. The van der Waals surface area contributed by atoms with Gasteiger partial charge in [-0.3, -0.25) is 4.90 Å². The molecule has 4 nitrogen and oxygen atoms in total. The Labute approximate surface area is 125 Å². The summed E-state index contributed by atoms with van der Waals surface area (Å²) in [4.78, 5) is 2.09. The van der Waals surface area contributed by atoms with Crippen molar-refractivity contribution in [2.75, 3.05) is 19.7 Å². The smallest absolute Gasteiger partial charge is 0.371 e. The molecule has 0 saturated carbocycles. The van der Waals surface area contributed by atoms with Gasteiger partial charge in [0.25, 0.3) is 0 Å². The molecule has 0 radical (unpaired) electrons. The number of rotatable bonds is 3. The highest BCUT2D eigenvalue weighted by Crippen LogP contribution is 2.32.